The highest BCUT2D eigenvalue weighted by Crippen LogP contribution is 2.35. The Hall–Kier alpha value is -3.55. The molecule has 25 heavy (non-hydrogen) atoms. The van der Waals surface area contributed by atoms with E-state index in [1.54, 1.807) is 30.5 Å². The third kappa shape index (κ3) is 3.86. The Morgan fingerprint density at radius 2 is 2.00 bits per heavy atom. The molecule has 0 radical (unpaired) electrons. The Morgan fingerprint density at radius 1 is 1.20 bits per heavy atom. The van der Waals surface area contributed by atoms with Gasteiger partial charge in [-0.25, -0.2) is 4.98 Å². The number of benzene rings is 1. The maximum Gasteiger partial charge on any atom is 0.373 e. The second-order valence-corrected chi connectivity index (χ2v) is 5.10. The molecule has 2 aromatic heterocycles. The van der Waals surface area contributed by atoms with Crippen molar-refractivity contribution in [1.82, 2.24) is 15.0 Å². The Kier molecular flexibility index (Phi) is 4.79. The number of hydrogen-bond donors (Lipinski definition) is 1. The molecule has 0 fully saturated rings. The molecule has 0 saturated carbocycles. The van der Waals surface area contributed by atoms with Crippen molar-refractivity contribution in [2.24, 2.45) is 0 Å². The summed E-state index contributed by atoms with van der Waals surface area (Å²) in [5.41, 5.74) is 1.37. The average molecular weight is 337 g/mol. The Morgan fingerprint density at radius 3 is 2.64 bits per heavy atom. The van der Waals surface area contributed by atoms with Crippen LogP contribution in [0.2, 0.25) is 0 Å². The first-order chi connectivity index (χ1) is 12.2. The van der Waals surface area contributed by atoms with E-state index in [-0.39, 0.29) is 17.4 Å². The molecular weight excluding hydrogens is 322 g/mol. The summed E-state index contributed by atoms with van der Waals surface area (Å²) in [4.78, 5) is 22.8. The minimum Gasteiger partial charge on any atom is -0.434 e. The van der Waals surface area contributed by atoms with Gasteiger partial charge >= 0.3 is 11.6 Å². The van der Waals surface area contributed by atoms with Crippen LogP contribution in [-0.2, 0) is 6.42 Å². The van der Waals surface area contributed by atoms with Gasteiger partial charge in [0.15, 0.2) is 0 Å². The molecule has 0 atom stereocenters. The standard InChI is InChI=1S/C17H15N5O3/c1-2-12-5-7-14(8-6-12)25-17-15(22(23)24)16(19-11-20-17)21-13-4-3-9-18-10-13/h3-11H,2H2,1H3,(H,19,20,21). The molecule has 0 amide bonds. The van der Waals surface area contributed by atoms with Gasteiger partial charge in [-0.05, 0) is 36.2 Å². The summed E-state index contributed by atoms with van der Waals surface area (Å²) < 4.78 is 5.60. The summed E-state index contributed by atoms with van der Waals surface area (Å²) >= 11 is 0. The van der Waals surface area contributed by atoms with Gasteiger partial charge in [0, 0.05) is 6.20 Å². The Labute approximate surface area is 143 Å². The number of aromatic nitrogens is 3. The smallest absolute Gasteiger partial charge is 0.373 e. The zero-order chi connectivity index (χ0) is 17.6. The van der Waals surface area contributed by atoms with Gasteiger partial charge in [-0.3, -0.25) is 15.1 Å². The molecule has 0 aliphatic heterocycles. The van der Waals surface area contributed by atoms with Gasteiger partial charge in [0.2, 0.25) is 5.82 Å². The van der Waals surface area contributed by atoms with Crippen LogP contribution in [0.25, 0.3) is 0 Å². The van der Waals surface area contributed by atoms with Crippen LogP contribution in [0, 0.1) is 10.1 Å². The monoisotopic (exact) mass is 337 g/mol. The topological polar surface area (TPSA) is 103 Å². The van der Waals surface area contributed by atoms with Gasteiger partial charge in [0.25, 0.3) is 0 Å². The van der Waals surface area contributed by atoms with Gasteiger partial charge in [-0.2, -0.15) is 4.98 Å². The molecule has 126 valence electrons. The first-order valence-electron chi connectivity index (χ1n) is 7.60. The van der Waals surface area contributed by atoms with Crippen molar-refractivity contribution in [3.8, 4) is 11.6 Å². The van der Waals surface area contributed by atoms with Crippen molar-refractivity contribution < 1.29 is 9.66 Å². The minimum atomic E-state index is -0.575. The van der Waals surface area contributed by atoms with Crippen LogP contribution in [0.4, 0.5) is 17.2 Å². The quantitative estimate of drug-likeness (QED) is 0.537. The highest BCUT2D eigenvalue weighted by Gasteiger charge is 2.25. The maximum atomic E-state index is 11.5. The van der Waals surface area contributed by atoms with Crippen molar-refractivity contribution in [3.05, 3.63) is 70.8 Å². The molecule has 0 saturated heterocycles. The first kappa shape index (κ1) is 16.3. The molecular formula is C17H15N5O3. The van der Waals surface area contributed by atoms with E-state index in [0.717, 1.165) is 12.0 Å². The van der Waals surface area contributed by atoms with Crippen molar-refractivity contribution >= 4 is 17.2 Å². The van der Waals surface area contributed by atoms with Gasteiger partial charge in [-0.1, -0.05) is 19.1 Å². The van der Waals surface area contributed by atoms with Crippen molar-refractivity contribution in [2.75, 3.05) is 5.32 Å². The lowest BCUT2D eigenvalue weighted by Crippen LogP contribution is -2.03. The number of aryl methyl sites for hydroxylation is 1. The molecule has 0 spiro atoms. The maximum absolute atomic E-state index is 11.5. The van der Waals surface area contributed by atoms with Crippen molar-refractivity contribution in [3.63, 3.8) is 0 Å². The zero-order valence-corrected chi connectivity index (χ0v) is 13.4. The van der Waals surface area contributed by atoms with Gasteiger partial charge in [-0.15, -0.1) is 0 Å². The number of ether oxygens (including phenoxy) is 1. The van der Waals surface area contributed by atoms with Crippen LogP contribution < -0.4 is 10.1 Å². The number of anilines is 2. The molecule has 0 bridgehead atoms. The van der Waals surface area contributed by atoms with Crippen LogP contribution in [0.1, 0.15) is 12.5 Å². The highest BCUT2D eigenvalue weighted by atomic mass is 16.6. The summed E-state index contributed by atoms with van der Waals surface area (Å²) in [5, 5.41) is 14.4. The number of rotatable bonds is 6. The largest absolute Gasteiger partial charge is 0.434 e. The molecule has 3 rings (SSSR count). The van der Waals surface area contributed by atoms with Crippen molar-refractivity contribution in [1.29, 1.82) is 0 Å². The molecule has 2 heterocycles. The molecule has 1 N–H and O–H groups in total. The summed E-state index contributed by atoms with van der Waals surface area (Å²) in [5.74, 6) is 0.371. The van der Waals surface area contributed by atoms with E-state index in [4.69, 9.17) is 4.74 Å². The third-order valence-corrected chi connectivity index (χ3v) is 3.44. The number of nitro groups is 1. The normalized spacial score (nSPS) is 10.3. The average Bonchev–Trinajstić information content (AvgIpc) is 2.63. The molecule has 0 unspecified atom stereocenters. The number of nitrogens with one attached hydrogen (secondary N) is 1. The first-order valence-corrected chi connectivity index (χ1v) is 7.60. The number of hydrogen-bond acceptors (Lipinski definition) is 7. The lowest BCUT2D eigenvalue weighted by atomic mass is 10.2. The summed E-state index contributed by atoms with van der Waals surface area (Å²) in [6.45, 7) is 2.04. The van der Waals surface area contributed by atoms with E-state index in [0.29, 0.717) is 11.4 Å². The highest BCUT2D eigenvalue weighted by molar-refractivity contribution is 5.68. The van der Waals surface area contributed by atoms with E-state index in [1.165, 1.54) is 12.5 Å². The van der Waals surface area contributed by atoms with E-state index in [9.17, 15) is 10.1 Å². The number of pyridine rings is 1. The minimum absolute atomic E-state index is 0.0354. The van der Waals surface area contributed by atoms with Gasteiger partial charge in [0.1, 0.15) is 12.1 Å². The van der Waals surface area contributed by atoms with Gasteiger partial charge < -0.3 is 10.1 Å². The molecule has 3 aromatic rings. The molecule has 0 aliphatic rings. The van der Waals surface area contributed by atoms with Crippen LogP contribution >= 0.6 is 0 Å². The third-order valence-electron chi connectivity index (χ3n) is 3.44. The molecule has 1 aromatic carbocycles. The van der Waals surface area contributed by atoms with E-state index in [2.05, 4.69) is 20.3 Å². The second-order valence-electron chi connectivity index (χ2n) is 5.10. The summed E-state index contributed by atoms with van der Waals surface area (Å²) in [7, 11) is 0. The number of nitrogens with zero attached hydrogens (tertiary/aromatic N) is 4. The summed E-state index contributed by atoms with van der Waals surface area (Å²) in [6, 6.07) is 10.7. The molecule has 0 aliphatic carbocycles. The lowest BCUT2D eigenvalue weighted by molar-refractivity contribution is -0.385. The molecule has 8 heteroatoms. The fourth-order valence-electron chi connectivity index (χ4n) is 2.17. The predicted octanol–water partition coefficient (Wildman–Crippen LogP) is 3.88. The van der Waals surface area contributed by atoms with Crippen LogP contribution in [0.15, 0.2) is 55.1 Å². The van der Waals surface area contributed by atoms with Crippen LogP contribution in [0.5, 0.6) is 11.6 Å². The van der Waals surface area contributed by atoms with E-state index >= 15 is 0 Å². The molecule has 8 nitrogen and oxygen atoms in total. The fourth-order valence-corrected chi connectivity index (χ4v) is 2.17. The van der Waals surface area contributed by atoms with Crippen LogP contribution in [0.3, 0.4) is 0 Å². The second kappa shape index (κ2) is 7.35. The lowest BCUT2D eigenvalue weighted by Gasteiger charge is -2.09. The summed E-state index contributed by atoms with van der Waals surface area (Å²) in [6.07, 6.45) is 5.25. The van der Waals surface area contributed by atoms with Gasteiger partial charge in [0.05, 0.1) is 16.8 Å². The van der Waals surface area contributed by atoms with E-state index < -0.39 is 4.92 Å². The van der Waals surface area contributed by atoms with E-state index in [1.807, 2.05) is 19.1 Å². The van der Waals surface area contributed by atoms with Crippen molar-refractivity contribution in [2.45, 2.75) is 13.3 Å². The predicted molar refractivity (Wildman–Crippen MR) is 92.1 cm³/mol. The zero-order valence-electron chi connectivity index (χ0n) is 13.4. The van der Waals surface area contributed by atoms with Crippen LogP contribution in [-0.4, -0.2) is 19.9 Å². The SMILES string of the molecule is CCc1ccc(Oc2ncnc(Nc3cccnc3)c2[N+](=O)[O-])cc1. The Bertz CT molecular complexity index is 869. The Balaban J connectivity index is 1.93. The fraction of sp³-hybridized carbons (Fsp3) is 0.118.